The van der Waals surface area contributed by atoms with Crippen molar-refractivity contribution in [2.45, 2.75) is 6.92 Å². The van der Waals surface area contributed by atoms with E-state index in [1.807, 2.05) is 30.3 Å². The van der Waals surface area contributed by atoms with Crippen molar-refractivity contribution in [1.29, 1.82) is 0 Å². The molecule has 0 radical (unpaired) electrons. The van der Waals surface area contributed by atoms with Gasteiger partial charge in [-0.25, -0.2) is 9.78 Å². The zero-order valence-corrected chi connectivity index (χ0v) is 10.9. The van der Waals surface area contributed by atoms with Gasteiger partial charge in [0.15, 0.2) is 0 Å². The van der Waals surface area contributed by atoms with Gasteiger partial charge in [0.2, 0.25) is 0 Å². The summed E-state index contributed by atoms with van der Waals surface area (Å²) in [6, 6.07) is 9.51. The molecule has 0 aliphatic carbocycles. The molecule has 2 aromatic heterocycles. The molecule has 20 heavy (non-hydrogen) atoms. The van der Waals surface area contributed by atoms with Crippen LogP contribution in [0.1, 0.15) is 17.3 Å². The highest BCUT2D eigenvalue weighted by Crippen LogP contribution is 2.23. The van der Waals surface area contributed by atoms with Gasteiger partial charge in [0, 0.05) is 11.8 Å². The Morgan fingerprint density at radius 1 is 1.25 bits per heavy atom. The highest BCUT2D eigenvalue weighted by atomic mass is 16.5. The van der Waals surface area contributed by atoms with Crippen LogP contribution in [0.3, 0.4) is 0 Å². The molecule has 0 atom stereocenters. The number of nitrogens with zero attached hydrogens (tertiary/aromatic N) is 4. The van der Waals surface area contributed by atoms with Crippen LogP contribution >= 0.6 is 0 Å². The zero-order valence-electron chi connectivity index (χ0n) is 10.9. The molecule has 0 N–H and O–H groups in total. The first-order chi connectivity index (χ1) is 9.81. The fraction of sp³-hybridized carbons (Fsp3) is 0.143. The van der Waals surface area contributed by atoms with Crippen molar-refractivity contribution < 1.29 is 9.53 Å². The molecule has 0 amide bonds. The quantitative estimate of drug-likeness (QED) is 0.679. The summed E-state index contributed by atoms with van der Waals surface area (Å²) in [5, 5.41) is 4.13. The standard InChI is InChI=1S/C14H12N4O2/c1-2-20-13(19)11-8-15-14-16-9-17-18(14)12(11)10-6-4-3-5-7-10/h3-9H,2H2,1H3. The maximum absolute atomic E-state index is 12.1. The number of carbonyl (C=O) groups is 1. The van der Waals surface area contributed by atoms with Gasteiger partial charge < -0.3 is 4.74 Å². The largest absolute Gasteiger partial charge is 0.462 e. The molecule has 0 aliphatic rings. The van der Waals surface area contributed by atoms with Crippen LogP contribution in [-0.2, 0) is 4.74 Å². The Labute approximate surface area is 115 Å². The van der Waals surface area contributed by atoms with Crippen molar-refractivity contribution in [3.05, 3.63) is 48.4 Å². The number of hydrogen-bond acceptors (Lipinski definition) is 5. The van der Waals surface area contributed by atoms with Crippen molar-refractivity contribution in [3.63, 3.8) is 0 Å². The molecule has 0 fully saturated rings. The van der Waals surface area contributed by atoms with E-state index in [2.05, 4.69) is 15.1 Å². The molecule has 0 bridgehead atoms. The van der Waals surface area contributed by atoms with E-state index < -0.39 is 5.97 Å². The van der Waals surface area contributed by atoms with Crippen LogP contribution in [0.15, 0.2) is 42.9 Å². The van der Waals surface area contributed by atoms with Gasteiger partial charge >= 0.3 is 5.97 Å². The lowest BCUT2D eigenvalue weighted by Gasteiger charge is -2.09. The zero-order chi connectivity index (χ0) is 13.9. The fourth-order valence-electron chi connectivity index (χ4n) is 2.01. The minimum atomic E-state index is -0.420. The van der Waals surface area contributed by atoms with Crippen LogP contribution < -0.4 is 0 Å². The number of fused-ring (bicyclic) bond motifs is 1. The second kappa shape index (κ2) is 5.08. The minimum Gasteiger partial charge on any atom is -0.462 e. The molecule has 1 aromatic carbocycles. The molecule has 0 aliphatic heterocycles. The maximum atomic E-state index is 12.1. The van der Waals surface area contributed by atoms with Crippen LogP contribution in [0, 0.1) is 0 Å². The van der Waals surface area contributed by atoms with Gasteiger partial charge in [0.1, 0.15) is 11.9 Å². The van der Waals surface area contributed by atoms with Crippen LogP contribution in [-0.4, -0.2) is 32.2 Å². The first-order valence-corrected chi connectivity index (χ1v) is 6.22. The third-order valence-corrected chi connectivity index (χ3v) is 2.85. The molecule has 0 unspecified atom stereocenters. The summed E-state index contributed by atoms with van der Waals surface area (Å²) in [5.74, 6) is 0.0214. The molecule has 0 spiro atoms. The molecule has 6 heteroatoms. The predicted molar refractivity (Wildman–Crippen MR) is 72.2 cm³/mol. The van der Waals surface area contributed by atoms with E-state index in [4.69, 9.17) is 4.74 Å². The second-order valence-electron chi connectivity index (χ2n) is 4.08. The molecular formula is C14H12N4O2. The summed E-state index contributed by atoms with van der Waals surface area (Å²) in [7, 11) is 0. The van der Waals surface area contributed by atoms with Crippen LogP contribution in [0.5, 0.6) is 0 Å². The highest BCUT2D eigenvalue weighted by Gasteiger charge is 2.19. The Bertz CT molecular complexity index is 752. The van der Waals surface area contributed by atoms with E-state index >= 15 is 0 Å². The van der Waals surface area contributed by atoms with Gasteiger partial charge in [-0.2, -0.15) is 14.6 Å². The van der Waals surface area contributed by atoms with Crippen LogP contribution in [0.25, 0.3) is 17.0 Å². The van der Waals surface area contributed by atoms with Gasteiger partial charge in [-0.15, -0.1) is 0 Å². The lowest BCUT2D eigenvalue weighted by atomic mass is 10.1. The lowest BCUT2D eigenvalue weighted by Crippen LogP contribution is -2.11. The second-order valence-corrected chi connectivity index (χ2v) is 4.08. The summed E-state index contributed by atoms with van der Waals surface area (Å²) in [5.41, 5.74) is 1.86. The molecule has 3 rings (SSSR count). The third kappa shape index (κ3) is 2.01. The summed E-state index contributed by atoms with van der Waals surface area (Å²) < 4.78 is 6.62. The first kappa shape index (κ1) is 12.3. The number of rotatable bonds is 3. The predicted octanol–water partition coefficient (Wildman–Crippen LogP) is 1.97. The van der Waals surface area contributed by atoms with E-state index in [9.17, 15) is 4.79 Å². The molecular weight excluding hydrogens is 256 g/mol. The Morgan fingerprint density at radius 2 is 2.05 bits per heavy atom. The molecule has 0 saturated heterocycles. The molecule has 3 aromatic rings. The van der Waals surface area contributed by atoms with Gasteiger partial charge in [-0.3, -0.25) is 0 Å². The van der Waals surface area contributed by atoms with E-state index in [0.717, 1.165) is 5.56 Å². The Kier molecular flexibility index (Phi) is 3.12. The number of hydrogen-bond donors (Lipinski definition) is 0. The van der Waals surface area contributed by atoms with Gasteiger partial charge in [0.25, 0.3) is 5.78 Å². The summed E-state index contributed by atoms with van der Waals surface area (Å²) >= 11 is 0. The van der Waals surface area contributed by atoms with E-state index in [1.165, 1.54) is 12.5 Å². The van der Waals surface area contributed by atoms with E-state index in [-0.39, 0.29) is 0 Å². The third-order valence-electron chi connectivity index (χ3n) is 2.85. The average Bonchev–Trinajstić information content (AvgIpc) is 2.95. The van der Waals surface area contributed by atoms with Crippen molar-refractivity contribution in [3.8, 4) is 11.3 Å². The number of ether oxygens (including phenoxy) is 1. The van der Waals surface area contributed by atoms with Crippen LogP contribution in [0.2, 0.25) is 0 Å². The Hall–Kier alpha value is -2.76. The highest BCUT2D eigenvalue weighted by molar-refractivity contribution is 5.96. The number of benzene rings is 1. The van der Waals surface area contributed by atoms with Gasteiger partial charge in [-0.05, 0) is 6.92 Å². The monoisotopic (exact) mass is 268 g/mol. The topological polar surface area (TPSA) is 69.4 Å². The first-order valence-electron chi connectivity index (χ1n) is 6.22. The van der Waals surface area contributed by atoms with Crippen molar-refractivity contribution >= 4 is 11.7 Å². The molecule has 6 nitrogen and oxygen atoms in total. The molecule has 2 heterocycles. The number of esters is 1. The normalized spacial score (nSPS) is 10.7. The SMILES string of the molecule is CCOC(=O)c1cnc2ncnn2c1-c1ccccc1. The average molecular weight is 268 g/mol. The van der Waals surface area contributed by atoms with E-state index in [0.29, 0.717) is 23.6 Å². The molecule has 100 valence electrons. The number of carbonyl (C=O) groups excluding carboxylic acids is 1. The van der Waals surface area contributed by atoms with Crippen molar-refractivity contribution in [2.75, 3.05) is 6.61 Å². The maximum Gasteiger partial charge on any atom is 0.341 e. The summed E-state index contributed by atoms with van der Waals surface area (Å²) in [4.78, 5) is 20.2. The van der Waals surface area contributed by atoms with Crippen molar-refractivity contribution in [1.82, 2.24) is 19.6 Å². The smallest absolute Gasteiger partial charge is 0.341 e. The summed E-state index contributed by atoms with van der Waals surface area (Å²) in [6.07, 6.45) is 2.88. The lowest BCUT2D eigenvalue weighted by molar-refractivity contribution is 0.0526. The Morgan fingerprint density at radius 3 is 2.80 bits per heavy atom. The van der Waals surface area contributed by atoms with Gasteiger partial charge in [-0.1, -0.05) is 30.3 Å². The minimum absolute atomic E-state index is 0.308. The van der Waals surface area contributed by atoms with E-state index in [1.54, 1.807) is 11.4 Å². The van der Waals surface area contributed by atoms with Crippen LogP contribution in [0.4, 0.5) is 0 Å². The summed E-state index contributed by atoms with van der Waals surface area (Å²) in [6.45, 7) is 2.07. The number of aromatic nitrogens is 4. The van der Waals surface area contributed by atoms with Gasteiger partial charge in [0.05, 0.1) is 12.3 Å². The fourth-order valence-corrected chi connectivity index (χ4v) is 2.01. The van der Waals surface area contributed by atoms with Crippen molar-refractivity contribution in [2.24, 2.45) is 0 Å². The Balaban J connectivity index is 2.27. The molecule has 0 saturated carbocycles.